The lowest BCUT2D eigenvalue weighted by Crippen LogP contribution is -2.03. The number of ether oxygens (including phenoxy) is 1. The molecular weight excluding hydrogens is 206 g/mol. The van der Waals surface area contributed by atoms with Crippen LogP contribution in [0.2, 0.25) is 0 Å². The molecule has 2 heterocycles. The molecule has 0 spiro atoms. The fourth-order valence-electron chi connectivity index (χ4n) is 1.25. The highest BCUT2D eigenvalue weighted by Gasteiger charge is 2.10. The molecule has 0 atom stereocenters. The Kier molecular flexibility index (Phi) is 2.86. The van der Waals surface area contributed by atoms with E-state index in [1.807, 2.05) is 0 Å². The van der Waals surface area contributed by atoms with Gasteiger partial charge < -0.3 is 4.74 Å². The number of nitrogens with zero attached hydrogens (tertiary/aromatic N) is 3. The summed E-state index contributed by atoms with van der Waals surface area (Å²) in [4.78, 5) is 15.9. The van der Waals surface area contributed by atoms with Crippen molar-refractivity contribution in [2.75, 3.05) is 7.11 Å². The molecular formula is C11H9N3O2. The normalized spacial score (nSPS) is 9.81. The van der Waals surface area contributed by atoms with Crippen LogP contribution >= 0.6 is 0 Å². The minimum Gasteiger partial charge on any atom is -0.495 e. The molecule has 0 amide bonds. The van der Waals surface area contributed by atoms with Crippen molar-refractivity contribution in [3.8, 4) is 5.75 Å². The number of rotatable bonds is 3. The Labute approximate surface area is 92.1 Å². The zero-order chi connectivity index (χ0) is 11.4. The molecule has 0 aromatic carbocycles. The highest BCUT2D eigenvalue weighted by Crippen LogP contribution is 2.13. The van der Waals surface area contributed by atoms with Crippen LogP contribution in [0.5, 0.6) is 5.75 Å². The van der Waals surface area contributed by atoms with Crippen molar-refractivity contribution in [2.24, 2.45) is 0 Å². The monoisotopic (exact) mass is 215 g/mol. The van der Waals surface area contributed by atoms with Crippen molar-refractivity contribution in [1.29, 1.82) is 0 Å². The predicted octanol–water partition coefficient (Wildman–Crippen LogP) is 1.11. The second-order valence-electron chi connectivity index (χ2n) is 3.07. The SMILES string of the molecule is COc1cncc(C(=O)c2ccnnc2)c1. The van der Waals surface area contributed by atoms with Crippen LogP contribution in [0.1, 0.15) is 15.9 Å². The van der Waals surface area contributed by atoms with Crippen LogP contribution in [0.3, 0.4) is 0 Å². The third kappa shape index (κ3) is 2.03. The molecule has 5 heteroatoms. The Morgan fingerprint density at radius 1 is 1.19 bits per heavy atom. The average molecular weight is 215 g/mol. The first-order valence-electron chi connectivity index (χ1n) is 4.61. The standard InChI is InChI=1S/C11H9N3O2/c1-16-10-4-9(5-12-7-10)11(15)8-2-3-13-14-6-8/h2-7H,1H3. The molecule has 2 rings (SSSR count). The van der Waals surface area contributed by atoms with Crippen molar-refractivity contribution < 1.29 is 9.53 Å². The summed E-state index contributed by atoms with van der Waals surface area (Å²) >= 11 is 0. The lowest BCUT2D eigenvalue weighted by Gasteiger charge is -2.02. The van der Waals surface area contributed by atoms with Crippen LogP contribution in [0.15, 0.2) is 36.9 Å². The van der Waals surface area contributed by atoms with E-state index in [1.54, 1.807) is 18.3 Å². The minimum atomic E-state index is -0.152. The van der Waals surface area contributed by atoms with E-state index < -0.39 is 0 Å². The molecule has 0 bridgehead atoms. The molecule has 0 unspecified atom stereocenters. The van der Waals surface area contributed by atoms with E-state index in [0.717, 1.165) is 0 Å². The van der Waals surface area contributed by atoms with E-state index in [4.69, 9.17) is 4.74 Å². The number of aromatic nitrogens is 3. The summed E-state index contributed by atoms with van der Waals surface area (Å²) in [5.41, 5.74) is 0.942. The maximum atomic E-state index is 12.0. The molecule has 0 radical (unpaired) electrons. The lowest BCUT2D eigenvalue weighted by atomic mass is 10.1. The van der Waals surface area contributed by atoms with Gasteiger partial charge in [-0.2, -0.15) is 10.2 Å². The molecule has 2 aromatic heterocycles. The summed E-state index contributed by atoms with van der Waals surface area (Å²) in [5.74, 6) is 0.397. The van der Waals surface area contributed by atoms with Crippen LogP contribution < -0.4 is 4.74 Å². The minimum absolute atomic E-state index is 0.152. The van der Waals surface area contributed by atoms with Gasteiger partial charge >= 0.3 is 0 Å². The Morgan fingerprint density at radius 2 is 2.06 bits per heavy atom. The molecule has 0 saturated heterocycles. The third-order valence-corrected chi connectivity index (χ3v) is 2.06. The van der Waals surface area contributed by atoms with Gasteiger partial charge in [-0.15, -0.1) is 0 Å². The highest BCUT2D eigenvalue weighted by molar-refractivity contribution is 6.08. The average Bonchev–Trinajstić information content (AvgIpc) is 2.39. The fraction of sp³-hybridized carbons (Fsp3) is 0.0909. The van der Waals surface area contributed by atoms with Crippen LogP contribution in [0.25, 0.3) is 0 Å². The number of carbonyl (C=O) groups excluding carboxylic acids is 1. The Morgan fingerprint density at radius 3 is 2.75 bits per heavy atom. The van der Waals surface area contributed by atoms with E-state index in [0.29, 0.717) is 16.9 Å². The van der Waals surface area contributed by atoms with Gasteiger partial charge in [-0.25, -0.2) is 0 Å². The largest absolute Gasteiger partial charge is 0.495 e. The molecule has 0 saturated carbocycles. The van der Waals surface area contributed by atoms with Crippen molar-refractivity contribution >= 4 is 5.78 Å². The maximum Gasteiger partial charge on any atom is 0.196 e. The third-order valence-electron chi connectivity index (χ3n) is 2.06. The number of carbonyl (C=O) groups is 1. The molecule has 2 aromatic rings. The van der Waals surface area contributed by atoms with Crippen LogP contribution in [-0.2, 0) is 0 Å². The Bertz CT molecular complexity index is 500. The molecule has 80 valence electrons. The lowest BCUT2D eigenvalue weighted by molar-refractivity contribution is 0.103. The number of pyridine rings is 1. The van der Waals surface area contributed by atoms with Gasteiger partial charge in [0.25, 0.3) is 0 Å². The molecule has 0 aliphatic rings. The Balaban J connectivity index is 2.34. The van der Waals surface area contributed by atoms with Crippen molar-refractivity contribution in [1.82, 2.24) is 15.2 Å². The topological polar surface area (TPSA) is 65.0 Å². The molecule has 16 heavy (non-hydrogen) atoms. The van der Waals surface area contributed by atoms with Gasteiger partial charge in [-0.3, -0.25) is 9.78 Å². The summed E-state index contributed by atoms with van der Waals surface area (Å²) < 4.78 is 5.00. The fourth-order valence-corrected chi connectivity index (χ4v) is 1.25. The first-order chi connectivity index (χ1) is 7.81. The van der Waals surface area contributed by atoms with E-state index in [9.17, 15) is 4.79 Å². The van der Waals surface area contributed by atoms with Crippen LogP contribution in [0.4, 0.5) is 0 Å². The van der Waals surface area contributed by atoms with Crippen LogP contribution in [-0.4, -0.2) is 28.1 Å². The number of hydrogen-bond acceptors (Lipinski definition) is 5. The first kappa shape index (κ1) is 10.2. The second-order valence-corrected chi connectivity index (χ2v) is 3.07. The van der Waals surface area contributed by atoms with Crippen molar-refractivity contribution in [3.05, 3.63) is 48.0 Å². The number of hydrogen-bond donors (Lipinski definition) is 0. The maximum absolute atomic E-state index is 12.0. The summed E-state index contributed by atoms with van der Waals surface area (Å²) in [7, 11) is 1.53. The van der Waals surface area contributed by atoms with E-state index >= 15 is 0 Å². The molecule has 0 fully saturated rings. The number of methoxy groups -OCH3 is 1. The van der Waals surface area contributed by atoms with Crippen molar-refractivity contribution in [3.63, 3.8) is 0 Å². The Hall–Kier alpha value is -2.30. The van der Waals surface area contributed by atoms with E-state index in [2.05, 4.69) is 15.2 Å². The molecule has 0 aliphatic carbocycles. The van der Waals surface area contributed by atoms with Gasteiger partial charge in [0.05, 0.1) is 25.7 Å². The quantitative estimate of drug-likeness (QED) is 0.717. The molecule has 5 nitrogen and oxygen atoms in total. The van der Waals surface area contributed by atoms with Gasteiger partial charge in [0.15, 0.2) is 5.78 Å². The van der Waals surface area contributed by atoms with Gasteiger partial charge in [0.1, 0.15) is 5.75 Å². The zero-order valence-corrected chi connectivity index (χ0v) is 8.62. The smallest absolute Gasteiger partial charge is 0.196 e. The van der Waals surface area contributed by atoms with Crippen molar-refractivity contribution in [2.45, 2.75) is 0 Å². The second kappa shape index (κ2) is 4.48. The van der Waals surface area contributed by atoms with Gasteiger partial charge in [-0.1, -0.05) is 0 Å². The zero-order valence-electron chi connectivity index (χ0n) is 8.62. The summed E-state index contributed by atoms with van der Waals surface area (Å²) in [6, 6.07) is 3.24. The summed E-state index contributed by atoms with van der Waals surface area (Å²) in [6.45, 7) is 0. The predicted molar refractivity (Wildman–Crippen MR) is 56.3 cm³/mol. The highest BCUT2D eigenvalue weighted by atomic mass is 16.5. The first-order valence-corrected chi connectivity index (χ1v) is 4.61. The molecule has 0 aliphatic heterocycles. The number of ketones is 1. The van der Waals surface area contributed by atoms with E-state index in [1.165, 1.54) is 25.7 Å². The summed E-state index contributed by atoms with van der Waals surface area (Å²) in [6.07, 6.45) is 5.93. The summed E-state index contributed by atoms with van der Waals surface area (Å²) in [5, 5.41) is 7.26. The van der Waals surface area contributed by atoms with E-state index in [-0.39, 0.29) is 5.78 Å². The van der Waals surface area contributed by atoms with Gasteiger partial charge in [0, 0.05) is 17.3 Å². The van der Waals surface area contributed by atoms with Crippen LogP contribution in [0, 0.1) is 0 Å². The van der Waals surface area contributed by atoms with Gasteiger partial charge in [-0.05, 0) is 12.1 Å². The molecule has 0 N–H and O–H groups in total. The van der Waals surface area contributed by atoms with Gasteiger partial charge in [0.2, 0.25) is 0 Å².